The number of aliphatic hydroxyl groups is 1. The SMILES string of the molecule is CC(O)CCSC(C)(C)[C@H](N)C(=O)O. The van der Waals surface area contributed by atoms with Gasteiger partial charge >= 0.3 is 5.97 Å². The van der Waals surface area contributed by atoms with E-state index in [2.05, 4.69) is 0 Å². The third-order valence-corrected chi connectivity index (χ3v) is 3.46. The number of carboxylic acid groups (broad SMARTS) is 1. The molecule has 2 atom stereocenters. The Morgan fingerprint density at radius 2 is 2.07 bits per heavy atom. The monoisotopic (exact) mass is 221 g/mol. The Kier molecular flexibility index (Phi) is 5.48. The molecule has 0 amide bonds. The summed E-state index contributed by atoms with van der Waals surface area (Å²) >= 11 is 1.48. The predicted molar refractivity (Wildman–Crippen MR) is 58.4 cm³/mol. The van der Waals surface area contributed by atoms with Crippen LogP contribution < -0.4 is 5.73 Å². The minimum Gasteiger partial charge on any atom is -0.480 e. The van der Waals surface area contributed by atoms with Crippen LogP contribution in [0.25, 0.3) is 0 Å². The van der Waals surface area contributed by atoms with E-state index in [1.54, 1.807) is 20.8 Å². The average molecular weight is 221 g/mol. The quantitative estimate of drug-likeness (QED) is 0.614. The van der Waals surface area contributed by atoms with Crippen LogP contribution in [-0.2, 0) is 4.79 Å². The average Bonchev–Trinajstić information content (AvgIpc) is 2.01. The maximum absolute atomic E-state index is 10.7. The van der Waals surface area contributed by atoms with E-state index in [9.17, 15) is 4.79 Å². The van der Waals surface area contributed by atoms with Gasteiger partial charge in [0.1, 0.15) is 6.04 Å². The Bertz CT molecular complexity index is 194. The van der Waals surface area contributed by atoms with E-state index in [1.807, 2.05) is 0 Å². The molecule has 4 nitrogen and oxygen atoms in total. The summed E-state index contributed by atoms with van der Waals surface area (Å²) in [6, 6.07) is -0.874. The van der Waals surface area contributed by atoms with Crippen LogP contribution >= 0.6 is 11.8 Å². The van der Waals surface area contributed by atoms with Crippen LogP contribution in [0.15, 0.2) is 0 Å². The van der Waals surface area contributed by atoms with Gasteiger partial charge in [-0.1, -0.05) is 0 Å². The van der Waals surface area contributed by atoms with Crippen molar-refractivity contribution in [3.63, 3.8) is 0 Å². The molecule has 0 heterocycles. The number of carbonyl (C=O) groups is 1. The molecule has 0 fully saturated rings. The van der Waals surface area contributed by atoms with E-state index in [-0.39, 0.29) is 6.10 Å². The Morgan fingerprint density at radius 1 is 1.57 bits per heavy atom. The summed E-state index contributed by atoms with van der Waals surface area (Å²) in [5.74, 6) is -0.273. The van der Waals surface area contributed by atoms with Crippen LogP contribution in [0.3, 0.4) is 0 Å². The van der Waals surface area contributed by atoms with Crippen molar-refractivity contribution >= 4 is 17.7 Å². The number of aliphatic hydroxyl groups excluding tert-OH is 1. The number of nitrogens with two attached hydrogens (primary N) is 1. The fourth-order valence-electron chi connectivity index (χ4n) is 0.880. The smallest absolute Gasteiger partial charge is 0.321 e. The Morgan fingerprint density at radius 3 is 2.43 bits per heavy atom. The summed E-state index contributed by atoms with van der Waals surface area (Å²) in [7, 11) is 0. The van der Waals surface area contributed by atoms with E-state index in [4.69, 9.17) is 15.9 Å². The van der Waals surface area contributed by atoms with Gasteiger partial charge in [0, 0.05) is 4.75 Å². The molecular formula is C9H19NO3S. The molecule has 0 aromatic rings. The Hall–Kier alpha value is -0.260. The van der Waals surface area contributed by atoms with Crippen LogP contribution in [0, 0.1) is 0 Å². The zero-order valence-electron chi connectivity index (χ0n) is 8.86. The highest BCUT2D eigenvalue weighted by Gasteiger charge is 2.32. The van der Waals surface area contributed by atoms with Gasteiger partial charge in [0.15, 0.2) is 0 Å². The lowest BCUT2D eigenvalue weighted by molar-refractivity contribution is -0.139. The molecule has 0 saturated heterocycles. The second-order valence-electron chi connectivity index (χ2n) is 3.91. The van der Waals surface area contributed by atoms with Crippen LogP contribution in [-0.4, -0.2) is 38.8 Å². The third-order valence-electron chi connectivity index (χ3n) is 2.02. The molecule has 14 heavy (non-hydrogen) atoms. The molecule has 0 bridgehead atoms. The van der Waals surface area contributed by atoms with Gasteiger partial charge < -0.3 is 15.9 Å². The zero-order chi connectivity index (χ0) is 11.4. The van der Waals surface area contributed by atoms with Crippen LogP contribution in [0.2, 0.25) is 0 Å². The van der Waals surface area contributed by atoms with Gasteiger partial charge in [-0.05, 0) is 32.9 Å². The summed E-state index contributed by atoms with van der Waals surface area (Å²) in [5, 5.41) is 17.8. The van der Waals surface area contributed by atoms with Crippen molar-refractivity contribution in [2.75, 3.05) is 5.75 Å². The number of hydrogen-bond acceptors (Lipinski definition) is 4. The molecule has 84 valence electrons. The number of rotatable bonds is 6. The van der Waals surface area contributed by atoms with E-state index in [0.29, 0.717) is 12.2 Å². The van der Waals surface area contributed by atoms with Crippen molar-refractivity contribution in [3.05, 3.63) is 0 Å². The van der Waals surface area contributed by atoms with Gasteiger partial charge in [-0.2, -0.15) is 11.8 Å². The summed E-state index contributed by atoms with van der Waals surface area (Å²) < 4.78 is -0.499. The summed E-state index contributed by atoms with van der Waals surface area (Å²) in [6.07, 6.45) is 0.305. The lowest BCUT2D eigenvalue weighted by atomic mass is 10.1. The maximum atomic E-state index is 10.7. The molecule has 0 rings (SSSR count). The molecule has 0 aromatic heterocycles. The fraction of sp³-hybridized carbons (Fsp3) is 0.889. The first-order chi connectivity index (χ1) is 6.27. The van der Waals surface area contributed by atoms with Gasteiger partial charge in [0.2, 0.25) is 0 Å². The highest BCUT2D eigenvalue weighted by Crippen LogP contribution is 2.28. The summed E-state index contributed by atoms with van der Waals surface area (Å²) in [6.45, 7) is 5.32. The summed E-state index contributed by atoms with van der Waals surface area (Å²) in [5.41, 5.74) is 5.53. The van der Waals surface area contributed by atoms with Gasteiger partial charge in [0.25, 0.3) is 0 Å². The third kappa shape index (κ3) is 4.83. The molecular weight excluding hydrogens is 202 g/mol. The minimum atomic E-state index is -0.987. The Labute approximate surface area is 88.9 Å². The number of thioether (sulfide) groups is 1. The van der Waals surface area contributed by atoms with Crippen LogP contribution in [0.5, 0.6) is 0 Å². The molecule has 4 N–H and O–H groups in total. The highest BCUT2D eigenvalue weighted by atomic mass is 32.2. The first kappa shape index (κ1) is 13.7. The normalized spacial score (nSPS) is 16.4. The van der Waals surface area contributed by atoms with E-state index < -0.39 is 16.8 Å². The van der Waals surface area contributed by atoms with E-state index in [1.165, 1.54) is 11.8 Å². The maximum Gasteiger partial charge on any atom is 0.321 e. The van der Waals surface area contributed by atoms with Gasteiger partial charge in [-0.3, -0.25) is 4.79 Å². The van der Waals surface area contributed by atoms with Crippen molar-refractivity contribution in [1.29, 1.82) is 0 Å². The number of hydrogen-bond donors (Lipinski definition) is 3. The van der Waals surface area contributed by atoms with Gasteiger partial charge in [-0.25, -0.2) is 0 Å². The largest absolute Gasteiger partial charge is 0.480 e. The van der Waals surface area contributed by atoms with E-state index in [0.717, 1.165) is 0 Å². The lowest BCUT2D eigenvalue weighted by Gasteiger charge is -2.28. The predicted octanol–water partition coefficient (Wildman–Crippen LogP) is 0.681. The zero-order valence-corrected chi connectivity index (χ0v) is 9.67. The number of aliphatic carboxylic acids is 1. The topological polar surface area (TPSA) is 83.5 Å². The number of carboxylic acids is 1. The van der Waals surface area contributed by atoms with Gasteiger partial charge in [0.05, 0.1) is 6.10 Å². The van der Waals surface area contributed by atoms with E-state index >= 15 is 0 Å². The summed E-state index contributed by atoms with van der Waals surface area (Å²) in [4.78, 5) is 10.7. The molecule has 5 heteroatoms. The molecule has 1 unspecified atom stereocenters. The van der Waals surface area contributed by atoms with Crippen LogP contribution in [0.1, 0.15) is 27.2 Å². The Balaban J connectivity index is 4.00. The van der Waals surface area contributed by atoms with Crippen molar-refractivity contribution in [1.82, 2.24) is 0 Å². The standard InChI is InChI=1S/C9H19NO3S/c1-6(11)4-5-14-9(2,3)7(10)8(12)13/h6-7,11H,4-5,10H2,1-3H3,(H,12,13)/t6?,7-/m1/s1. The molecule has 0 aliphatic rings. The second kappa shape index (κ2) is 5.58. The molecule has 0 aliphatic carbocycles. The van der Waals surface area contributed by atoms with Crippen LogP contribution in [0.4, 0.5) is 0 Å². The lowest BCUT2D eigenvalue weighted by Crippen LogP contribution is -2.46. The van der Waals surface area contributed by atoms with Crippen molar-refractivity contribution in [3.8, 4) is 0 Å². The first-order valence-corrected chi connectivity index (χ1v) is 5.56. The highest BCUT2D eigenvalue weighted by molar-refractivity contribution is 8.00. The molecule has 0 aliphatic heterocycles. The molecule has 0 radical (unpaired) electrons. The fourth-order valence-corrected chi connectivity index (χ4v) is 2.15. The molecule has 0 saturated carbocycles. The van der Waals surface area contributed by atoms with Crippen molar-refractivity contribution in [2.45, 2.75) is 44.1 Å². The molecule has 0 spiro atoms. The van der Waals surface area contributed by atoms with Crippen molar-refractivity contribution < 1.29 is 15.0 Å². The minimum absolute atomic E-state index is 0.348. The first-order valence-electron chi connectivity index (χ1n) is 4.58. The van der Waals surface area contributed by atoms with Crippen molar-refractivity contribution in [2.24, 2.45) is 5.73 Å². The molecule has 0 aromatic carbocycles. The second-order valence-corrected chi connectivity index (χ2v) is 5.65. The van der Waals surface area contributed by atoms with Gasteiger partial charge in [-0.15, -0.1) is 0 Å².